The Morgan fingerprint density at radius 3 is 2.68 bits per heavy atom. The Kier molecular flexibility index (Phi) is 5.85. The Balaban J connectivity index is 1.39. The molecule has 0 radical (unpaired) electrons. The number of likely N-dealkylation sites (tertiary alicyclic amines) is 1. The van der Waals surface area contributed by atoms with Crippen LogP contribution in [0.1, 0.15) is 28.1 Å². The van der Waals surface area contributed by atoms with E-state index in [1.54, 1.807) is 7.11 Å². The molecular formula is C22H23ClN2O2S. The van der Waals surface area contributed by atoms with E-state index in [1.165, 1.54) is 16.9 Å². The molecule has 0 spiro atoms. The van der Waals surface area contributed by atoms with E-state index in [0.29, 0.717) is 15.6 Å². The van der Waals surface area contributed by atoms with Crippen molar-refractivity contribution in [2.75, 3.05) is 20.2 Å². The van der Waals surface area contributed by atoms with Crippen molar-refractivity contribution in [1.82, 2.24) is 10.2 Å². The molecule has 1 amide bonds. The monoisotopic (exact) mass is 414 g/mol. The molecule has 0 unspecified atom stereocenters. The standard InChI is InChI=1S/C22H23ClN2O2S/c1-27-20-18-8-7-16(23)13-19(18)28-21(20)22(26)24-17-9-11-25(12-10-17)14-15-5-3-2-4-6-15/h2-8,13,17H,9-12,14H2,1H3,(H,24,26). The number of nitrogens with one attached hydrogen (secondary N) is 1. The van der Waals surface area contributed by atoms with E-state index in [-0.39, 0.29) is 11.9 Å². The van der Waals surface area contributed by atoms with E-state index in [1.807, 2.05) is 24.3 Å². The third-order valence-electron chi connectivity index (χ3n) is 5.19. The van der Waals surface area contributed by atoms with Gasteiger partial charge in [0.15, 0.2) is 0 Å². The van der Waals surface area contributed by atoms with Crippen LogP contribution in [-0.2, 0) is 6.54 Å². The number of hydrogen-bond donors (Lipinski definition) is 1. The number of rotatable bonds is 5. The Bertz CT molecular complexity index is 965. The lowest BCUT2D eigenvalue weighted by Crippen LogP contribution is -2.44. The van der Waals surface area contributed by atoms with E-state index in [9.17, 15) is 4.79 Å². The van der Waals surface area contributed by atoms with Gasteiger partial charge in [-0.2, -0.15) is 0 Å². The molecule has 1 aliphatic rings. The summed E-state index contributed by atoms with van der Waals surface area (Å²) in [6.07, 6.45) is 1.91. The van der Waals surface area contributed by atoms with Gasteiger partial charge in [0.05, 0.1) is 7.11 Å². The highest BCUT2D eigenvalue weighted by Gasteiger charge is 2.25. The highest BCUT2D eigenvalue weighted by molar-refractivity contribution is 7.21. The Morgan fingerprint density at radius 1 is 1.21 bits per heavy atom. The summed E-state index contributed by atoms with van der Waals surface area (Å²) in [6.45, 7) is 2.93. The van der Waals surface area contributed by atoms with Gasteiger partial charge in [-0.1, -0.05) is 41.9 Å². The maximum Gasteiger partial charge on any atom is 0.265 e. The summed E-state index contributed by atoms with van der Waals surface area (Å²) < 4.78 is 6.50. The molecule has 1 fully saturated rings. The fraction of sp³-hybridized carbons (Fsp3) is 0.318. The molecule has 6 heteroatoms. The Morgan fingerprint density at radius 2 is 1.96 bits per heavy atom. The number of fused-ring (bicyclic) bond motifs is 1. The lowest BCUT2D eigenvalue weighted by molar-refractivity contribution is 0.0910. The number of thiophene rings is 1. The van der Waals surface area contributed by atoms with Crippen molar-refractivity contribution in [2.45, 2.75) is 25.4 Å². The van der Waals surface area contributed by atoms with Gasteiger partial charge < -0.3 is 10.1 Å². The van der Waals surface area contributed by atoms with Crippen LogP contribution < -0.4 is 10.1 Å². The van der Waals surface area contributed by atoms with Crippen LogP contribution >= 0.6 is 22.9 Å². The van der Waals surface area contributed by atoms with Gasteiger partial charge in [-0.05, 0) is 36.6 Å². The van der Waals surface area contributed by atoms with Gasteiger partial charge in [0.25, 0.3) is 5.91 Å². The van der Waals surface area contributed by atoms with E-state index in [0.717, 1.165) is 42.6 Å². The molecule has 2 aromatic carbocycles. The number of ether oxygens (including phenoxy) is 1. The number of hydrogen-bond acceptors (Lipinski definition) is 4. The van der Waals surface area contributed by atoms with Crippen LogP contribution in [0.5, 0.6) is 5.75 Å². The van der Waals surface area contributed by atoms with Gasteiger partial charge in [-0.15, -0.1) is 11.3 Å². The molecule has 146 valence electrons. The van der Waals surface area contributed by atoms with Crippen molar-refractivity contribution in [1.29, 1.82) is 0 Å². The zero-order valence-corrected chi connectivity index (χ0v) is 17.4. The van der Waals surface area contributed by atoms with Gasteiger partial charge in [0.2, 0.25) is 0 Å². The summed E-state index contributed by atoms with van der Waals surface area (Å²) in [5.41, 5.74) is 1.33. The van der Waals surface area contributed by atoms with Crippen molar-refractivity contribution < 1.29 is 9.53 Å². The summed E-state index contributed by atoms with van der Waals surface area (Å²) in [7, 11) is 1.61. The highest BCUT2D eigenvalue weighted by atomic mass is 35.5. The first-order valence-electron chi connectivity index (χ1n) is 9.47. The van der Waals surface area contributed by atoms with Crippen LogP contribution in [0, 0.1) is 0 Å². The van der Waals surface area contributed by atoms with E-state index < -0.39 is 0 Å². The summed E-state index contributed by atoms with van der Waals surface area (Å²) in [5, 5.41) is 4.79. The number of amides is 1. The van der Waals surface area contributed by atoms with Crippen LogP contribution in [0.25, 0.3) is 10.1 Å². The number of benzene rings is 2. The first kappa shape index (κ1) is 19.2. The molecule has 3 aromatic rings. The van der Waals surface area contributed by atoms with Crippen LogP contribution in [0.2, 0.25) is 5.02 Å². The zero-order valence-electron chi connectivity index (χ0n) is 15.8. The van der Waals surface area contributed by atoms with Crippen LogP contribution in [-0.4, -0.2) is 37.0 Å². The second-order valence-electron chi connectivity index (χ2n) is 7.11. The number of carbonyl (C=O) groups excluding carboxylic acids is 1. The van der Waals surface area contributed by atoms with Crippen molar-refractivity contribution in [3.8, 4) is 5.75 Å². The Labute approximate surface area is 174 Å². The molecule has 1 aromatic heterocycles. The maximum atomic E-state index is 12.9. The topological polar surface area (TPSA) is 41.6 Å². The van der Waals surface area contributed by atoms with E-state index in [4.69, 9.17) is 16.3 Å². The molecule has 1 N–H and O–H groups in total. The van der Waals surface area contributed by atoms with Crippen LogP contribution in [0.3, 0.4) is 0 Å². The number of methoxy groups -OCH3 is 1. The molecule has 0 saturated carbocycles. The zero-order chi connectivity index (χ0) is 19.5. The number of nitrogens with zero attached hydrogens (tertiary/aromatic N) is 1. The second kappa shape index (κ2) is 8.52. The smallest absolute Gasteiger partial charge is 0.265 e. The Hall–Kier alpha value is -2.08. The third-order valence-corrected chi connectivity index (χ3v) is 6.56. The third kappa shape index (κ3) is 4.17. The fourth-order valence-electron chi connectivity index (χ4n) is 3.73. The first-order valence-corrected chi connectivity index (χ1v) is 10.7. The normalized spacial score (nSPS) is 15.6. The van der Waals surface area contributed by atoms with Gasteiger partial charge in [-0.3, -0.25) is 9.69 Å². The highest BCUT2D eigenvalue weighted by Crippen LogP contribution is 2.39. The lowest BCUT2D eigenvalue weighted by Gasteiger charge is -2.32. The summed E-state index contributed by atoms with van der Waals surface area (Å²) >= 11 is 7.52. The minimum absolute atomic E-state index is 0.0596. The predicted octanol–water partition coefficient (Wildman–Crippen LogP) is 4.96. The summed E-state index contributed by atoms with van der Waals surface area (Å²) in [6, 6.07) is 16.3. The van der Waals surface area contributed by atoms with Crippen molar-refractivity contribution in [3.63, 3.8) is 0 Å². The molecule has 2 heterocycles. The fourth-order valence-corrected chi connectivity index (χ4v) is 5.08. The minimum atomic E-state index is -0.0596. The molecule has 4 rings (SSSR count). The lowest BCUT2D eigenvalue weighted by atomic mass is 10.0. The minimum Gasteiger partial charge on any atom is -0.494 e. The molecule has 0 bridgehead atoms. The van der Waals surface area contributed by atoms with Crippen LogP contribution in [0.4, 0.5) is 0 Å². The van der Waals surface area contributed by atoms with Gasteiger partial charge >= 0.3 is 0 Å². The van der Waals surface area contributed by atoms with Crippen molar-refractivity contribution in [2.24, 2.45) is 0 Å². The van der Waals surface area contributed by atoms with Gasteiger partial charge in [0, 0.05) is 40.8 Å². The van der Waals surface area contributed by atoms with Gasteiger partial charge in [-0.25, -0.2) is 0 Å². The van der Waals surface area contributed by atoms with Crippen molar-refractivity contribution in [3.05, 3.63) is 64.0 Å². The number of carbonyl (C=O) groups is 1. The largest absolute Gasteiger partial charge is 0.494 e. The quantitative estimate of drug-likeness (QED) is 0.641. The van der Waals surface area contributed by atoms with E-state index >= 15 is 0 Å². The number of piperidine rings is 1. The van der Waals surface area contributed by atoms with Crippen LogP contribution in [0.15, 0.2) is 48.5 Å². The van der Waals surface area contributed by atoms with E-state index in [2.05, 4.69) is 34.5 Å². The predicted molar refractivity (Wildman–Crippen MR) is 116 cm³/mol. The maximum absolute atomic E-state index is 12.9. The average Bonchev–Trinajstić information content (AvgIpc) is 3.08. The molecule has 0 atom stereocenters. The second-order valence-corrected chi connectivity index (χ2v) is 8.60. The average molecular weight is 415 g/mol. The molecule has 4 nitrogen and oxygen atoms in total. The number of halogens is 1. The molecule has 1 saturated heterocycles. The molecule has 28 heavy (non-hydrogen) atoms. The summed E-state index contributed by atoms with van der Waals surface area (Å²) in [4.78, 5) is 16.0. The molecule has 0 aliphatic carbocycles. The molecular weight excluding hydrogens is 392 g/mol. The summed E-state index contributed by atoms with van der Waals surface area (Å²) in [5.74, 6) is 0.575. The van der Waals surface area contributed by atoms with Crippen molar-refractivity contribution >= 4 is 38.9 Å². The SMILES string of the molecule is COc1c(C(=O)NC2CCN(Cc3ccccc3)CC2)sc2cc(Cl)ccc12. The first-order chi connectivity index (χ1) is 13.6. The molecule has 1 aliphatic heterocycles. The van der Waals surface area contributed by atoms with Gasteiger partial charge in [0.1, 0.15) is 10.6 Å².